The average Bonchev–Trinajstić information content (AvgIpc) is 3.24. The van der Waals surface area contributed by atoms with Crippen LogP contribution in [-0.4, -0.2) is 269 Å². The summed E-state index contributed by atoms with van der Waals surface area (Å²) in [5.74, 6) is -0.825. The van der Waals surface area contributed by atoms with E-state index in [1.807, 2.05) is 0 Å². The summed E-state index contributed by atoms with van der Waals surface area (Å²) in [4.78, 5) is 14.9. The monoisotopic (exact) mass is 894 g/mol. The number of rotatable bonds is 15. The van der Waals surface area contributed by atoms with Crippen molar-refractivity contribution < 1.29 is 124 Å². The molecule has 0 bridgehead atoms. The molecule has 25 atom stereocenters. The van der Waals surface area contributed by atoms with Crippen molar-refractivity contribution in [2.75, 3.05) is 33.0 Å². The highest BCUT2D eigenvalue weighted by Crippen LogP contribution is 2.36. The SMILES string of the molecule is CC(=O)NC1[C@H](O[C@@H]2C(O)[C@H](O[C@@H]3C(CO)O[C@@H](N=[N+]=[N-])C(O)[C@H]3O)OC(CO)[C@@H]2O)OC(CO)[C@@H](O[C@@H]2OC(CO)[C@H](O)[C@H](O[C@H]3OC(CO)[C@H](O)[C@H](O)C3O)C2O)[C@@H]1O. The average molecular weight is 895 g/mol. The number of ether oxygens (including phenoxy) is 9. The van der Waals surface area contributed by atoms with Gasteiger partial charge in [0.1, 0.15) is 122 Å². The highest BCUT2D eigenvalue weighted by Gasteiger charge is 2.57. The fraction of sp³-hybridized carbons (Fsp3) is 0.969. The normalized spacial score (nSPS) is 49.5. The van der Waals surface area contributed by atoms with E-state index in [9.17, 15) is 81.4 Å². The standard InChI is InChI=1S/C32H54N4O25/c1-7(42)34-13-17(46)24(58-31-23(52)27(16(45)10(4-39)55-31)61-30-21(50)18(47)14(43)8(2-37)54-30)12(6-41)57-29(13)60-26-15(44)9(3-38)56-32(22(26)51)59-25-11(5-40)53-28(35-36-33)20(49)19(25)48/h8-32,37-41,43-52H,2-6H2,1H3,(H,34,42)/t8?,9?,10?,11?,12?,13?,14-,15-,16-,17+,18-,19+,20?,21?,22?,23?,24+,25+,26-,27-,28+,29-,30+,31-,32-/m0/s1. The van der Waals surface area contributed by atoms with Gasteiger partial charge in [0.05, 0.1) is 33.0 Å². The summed E-state index contributed by atoms with van der Waals surface area (Å²) in [5, 5.41) is 164. The van der Waals surface area contributed by atoms with Crippen LogP contribution in [0, 0.1) is 0 Å². The van der Waals surface area contributed by atoms with Crippen LogP contribution in [0.3, 0.4) is 0 Å². The molecule has 10 unspecified atom stereocenters. The molecule has 0 spiro atoms. The number of carbonyl (C=O) groups is 1. The Morgan fingerprint density at radius 3 is 1.34 bits per heavy atom. The maximum absolute atomic E-state index is 12.4. The largest absolute Gasteiger partial charge is 0.394 e. The lowest BCUT2D eigenvalue weighted by molar-refractivity contribution is -0.385. The van der Waals surface area contributed by atoms with Crippen molar-refractivity contribution in [2.45, 2.75) is 160 Å². The van der Waals surface area contributed by atoms with Gasteiger partial charge >= 0.3 is 0 Å². The van der Waals surface area contributed by atoms with Crippen molar-refractivity contribution in [3.05, 3.63) is 10.4 Å². The Morgan fingerprint density at radius 1 is 0.492 bits per heavy atom. The second kappa shape index (κ2) is 21.7. The first-order valence-electron chi connectivity index (χ1n) is 19.0. The number of nitrogens with zero attached hydrogens (tertiary/aromatic N) is 3. The molecule has 0 saturated carbocycles. The van der Waals surface area contributed by atoms with Crippen molar-refractivity contribution in [1.29, 1.82) is 0 Å². The van der Waals surface area contributed by atoms with E-state index < -0.39 is 192 Å². The Balaban J connectivity index is 1.35. The lowest BCUT2D eigenvalue weighted by atomic mass is 9.94. The van der Waals surface area contributed by atoms with Crippen molar-refractivity contribution in [3.63, 3.8) is 0 Å². The zero-order valence-corrected chi connectivity index (χ0v) is 32.1. The number of azide groups is 1. The molecule has 5 aliphatic heterocycles. The predicted octanol–water partition coefficient (Wildman–Crippen LogP) is -10.5. The van der Waals surface area contributed by atoms with Gasteiger partial charge in [0.25, 0.3) is 0 Å². The van der Waals surface area contributed by atoms with E-state index in [0.29, 0.717) is 0 Å². The van der Waals surface area contributed by atoms with Gasteiger partial charge < -0.3 is 125 Å². The molecule has 5 saturated heterocycles. The number of aliphatic hydroxyl groups excluding tert-OH is 15. The molecule has 1 amide bonds. The van der Waals surface area contributed by atoms with E-state index in [1.165, 1.54) is 0 Å². The van der Waals surface area contributed by atoms with Crippen LogP contribution >= 0.6 is 0 Å². The van der Waals surface area contributed by atoms with Gasteiger partial charge in [-0.2, -0.15) is 0 Å². The molecule has 0 aliphatic carbocycles. The van der Waals surface area contributed by atoms with Crippen molar-refractivity contribution in [1.82, 2.24) is 5.32 Å². The highest BCUT2D eigenvalue weighted by molar-refractivity contribution is 5.73. The molecule has 0 radical (unpaired) electrons. The summed E-state index contributed by atoms with van der Waals surface area (Å²) >= 11 is 0. The van der Waals surface area contributed by atoms with Gasteiger partial charge in [-0.1, -0.05) is 5.11 Å². The van der Waals surface area contributed by atoms with E-state index in [2.05, 4.69) is 15.3 Å². The van der Waals surface area contributed by atoms with Crippen LogP contribution < -0.4 is 5.32 Å². The summed E-state index contributed by atoms with van der Waals surface area (Å²) in [6.07, 6.45) is -44.2. The number of aliphatic hydroxyl groups is 15. The topological polar surface area (TPSA) is 464 Å². The molecule has 352 valence electrons. The Labute approximate surface area is 344 Å². The Hall–Kier alpha value is -2.18. The summed E-state index contributed by atoms with van der Waals surface area (Å²) in [6.45, 7) is -3.63. The molecular weight excluding hydrogens is 840 g/mol. The van der Waals surface area contributed by atoms with Crippen molar-refractivity contribution in [2.24, 2.45) is 5.11 Å². The van der Waals surface area contributed by atoms with E-state index in [0.717, 1.165) is 6.92 Å². The van der Waals surface area contributed by atoms with Crippen molar-refractivity contribution in [3.8, 4) is 0 Å². The minimum atomic E-state index is -2.11. The molecule has 5 aliphatic rings. The van der Waals surface area contributed by atoms with E-state index in [-0.39, 0.29) is 0 Å². The third-order valence-electron chi connectivity index (χ3n) is 10.9. The summed E-state index contributed by atoms with van der Waals surface area (Å²) in [5.41, 5.74) is 8.77. The number of hydrogen-bond donors (Lipinski definition) is 16. The van der Waals surface area contributed by atoms with Gasteiger partial charge in [-0.15, -0.1) is 0 Å². The number of nitrogens with one attached hydrogen (secondary N) is 1. The van der Waals surface area contributed by atoms with Gasteiger partial charge in [-0.3, -0.25) is 4.79 Å². The Kier molecular flexibility index (Phi) is 17.7. The molecule has 61 heavy (non-hydrogen) atoms. The second-order valence-corrected chi connectivity index (χ2v) is 14.9. The van der Waals surface area contributed by atoms with Gasteiger partial charge in [0.2, 0.25) is 5.91 Å². The van der Waals surface area contributed by atoms with Crippen LogP contribution in [0.4, 0.5) is 0 Å². The molecular formula is C32H54N4O25. The van der Waals surface area contributed by atoms with Crippen LogP contribution in [0.1, 0.15) is 6.92 Å². The predicted molar refractivity (Wildman–Crippen MR) is 185 cm³/mol. The Bertz CT molecular complexity index is 1450. The summed E-state index contributed by atoms with van der Waals surface area (Å²) < 4.78 is 50.4. The van der Waals surface area contributed by atoms with Crippen LogP contribution in [0.15, 0.2) is 5.11 Å². The summed E-state index contributed by atoms with van der Waals surface area (Å²) in [6, 6.07) is -1.74. The summed E-state index contributed by atoms with van der Waals surface area (Å²) in [7, 11) is 0. The second-order valence-electron chi connectivity index (χ2n) is 14.9. The van der Waals surface area contributed by atoms with Crippen LogP contribution in [0.5, 0.6) is 0 Å². The van der Waals surface area contributed by atoms with Crippen LogP contribution in [0.2, 0.25) is 0 Å². The smallest absolute Gasteiger partial charge is 0.217 e. The number of amides is 1. The first kappa shape index (κ1) is 49.8. The van der Waals surface area contributed by atoms with Crippen molar-refractivity contribution >= 4 is 5.91 Å². The first-order valence-corrected chi connectivity index (χ1v) is 19.0. The quantitative estimate of drug-likeness (QED) is 0.0412. The van der Waals surface area contributed by atoms with Crippen LogP contribution in [-0.2, 0) is 47.4 Å². The van der Waals surface area contributed by atoms with Gasteiger partial charge in [-0.25, -0.2) is 0 Å². The van der Waals surface area contributed by atoms with E-state index >= 15 is 0 Å². The Morgan fingerprint density at radius 2 is 0.885 bits per heavy atom. The van der Waals surface area contributed by atoms with Gasteiger partial charge in [0, 0.05) is 11.8 Å². The van der Waals surface area contributed by atoms with E-state index in [1.54, 1.807) is 0 Å². The molecule has 0 aromatic rings. The molecule has 5 rings (SSSR count). The number of carbonyl (C=O) groups excluding carboxylic acids is 1. The van der Waals surface area contributed by atoms with E-state index in [4.69, 9.17) is 48.2 Å². The minimum absolute atomic E-state index is 0.825. The highest BCUT2D eigenvalue weighted by atomic mass is 16.8. The molecule has 0 aromatic carbocycles. The zero-order chi connectivity index (χ0) is 45.0. The van der Waals surface area contributed by atoms with Crippen LogP contribution in [0.25, 0.3) is 10.4 Å². The lowest BCUT2D eigenvalue weighted by Gasteiger charge is -2.50. The molecule has 29 heteroatoms. The van der Waals surface area contributed by atoms with Gasteiger partial charge in [0.15, 0.2) is 31.4 Å². The third kappa shape index (κ3) is 10.5. The molecule has 0 aromatic heterocycles. The molecule has 5 fully saturated rings. The first-order chi connectivity index (χ1) is 29.0. The fourth-order valence-corrected chi connectivity index (χ4v) is 7.57. The lowest BCUT2D eigenvalue weighted by Crippen LogP contribution is -2.70. The zero-order valence-electron chi connectivity index (χ0n) is 32.1. The molecule has 29 nitrogen and oxygen atoms in total. The third-order valence-corrected chi connectivity index (χ3v) is 10.9. The fourth-order valence-electron chi connectivity index (χ4n) is 7.57. The molecule has 16 N–H and O–H groups in total. The maximum atomic E-state index is 12.4. The molecule has 5 heterocycles. The minimum Gasteiger partial charge on any atom is -0.394 e. The van der Waals surface area contributed by atoms with Gasteiger partial charge in [-0.05, 0) is 5.53 Å². The number of hydrogen-bond acceptors (Lipinski definition) is 26. The maximum Gasteiger partial charge on any atom is 0.217 e.